The van der Waals surface area contributed by atoms with Gasteiger partial charge in [0.2, 0.25) is 15.9 Å². The maximum atomic E-state index is 11.5. The standard InChI is InChI=1S/C10H23N3O3S/c1-4-8(3)9(11)10(14)12-6-7-17(15,16)13-5-2/h8-9,13H,4-7,11H2,1-3H3,(H,12,14). The molecule has 6 nitrogen and oxygen atoms in total. The van der Waals surface area contributed by atoms with E-state index in [-0.39, 0.29) is 24.1 Å². The van der Waals surface area contributed by atoms with E-state index in [1.165, 1.54) is 0 Å². The van der Waals surface area contributed by atoms with Crippen LogP contribution in [-0.4, -0.2) is 39.2 Å². The third-order valence-electron chi connectivity index (χ3n) is 2.59. The summed E-state index contributed by atoms with van der Waals surface area (Å²) >= 11 is 0. The predicted octanol–water partition coefficient (Wildman–Crippen LogP) is -0.585. The molecule has 0 bridgehead atoms. The number of nitrogens with one attached hydrogen (secondary N) is 2. The van der Waals surface area contributed by atoms with Crippen molar-refractivity contribution in [2.75, 3.05) is 18.8 Å². The van der Waals surface area contributed by atoms with Gasteiger partial charge in [-0.05, 0) is 5.92 Å². The van der Waals surface area contributed by atoms with Gasteiger partial charge in [0, 0.05) is 13.1 Å². The summed E-state index contributed by atoms with van der Waals surface area (Å²) in [5.41, 5.74) is 5.70. The first-order valence-electron chi connectivity index (χ1n) is 5.84. The Morgan fingerprint density at radius 1 is 1.35 bits per heavy atom. The molecule has 0 saturated heterocycles. The number of hydrogen-bond acceptors (Lipinski definition) is 4. The van der Waals surface area contributed by atoms with Crippen LogP contribution in [-0.2, 0) is 14.8 Å². The van der Waals surface area contributed by atoms with Crippen LogP contribution in [0.25, 0.3) is 0 Å². The first kappa shape index (κ1) is 16.3. The Morgan fingerprint density at radius 2 is 1.94 bits per heavy atom. The Labute approximate surface area is 103 Å². The first-order chi connectivity index (χ1) is 7.84. The molecule has 0 aliphatic carbocycles. The largest absolute Gasteiger partial charge is 0.354 e. The van der Waals surface area contributed by atoms with E-state index in [9.17, 15) is 13.2 Å². The molecule has 0 rings (SSSR count). The average molecular weight is 265 g/mol. The molecule has 17 heavy (non-hydrogen) atoms. The van der Waals surface area contributed by atoms with Crippen LogP contribution >= 0.6 is 0 Å². The first-order valence-corrected chi connectivity index (χ1v) is 7.49. The minimum absolute atomic E-state index is 0.0816. The van der Waals surface area contributed by atoms with Crippen molar-refractivity contribution in [1.29, 1.82) is 0 Å². The number of amides is 1. The highest BCUT2D eigenvalue weighted by atomic mass is 32.2. The second-order valence-electron chi connectivity index (χ2n) is 4.02. The average Bonchev–Trinajstić information content (AvgIpc) is 2.26. The maximum Gasteiger partial charge on any atom is 0.237 e. The predicted molar refractivity (Wildman–Crippen MR) is 67.9 cm³/mol. The van der Waals surface area contributed by atoms with Crippen LogP contribution in [0, 0.1) is 5.92 Å². The third kappa shape index (κ3) is 6.60. The van der Waals surface area contributed by atoms with E-state index >= 15 is 0 Å². The molecule has 0 radical (unpaired) electrons. The molecule has 1 amide bonds. The molecule has 0 saturated carbocycles. The highest BCUT2D eigenvalue weighted by Crippen LogP contribution is 2.04. The third-order valence-corrected chi connectivity index (χ3v) is 4.06. The second-order valence-corrected chi connectivity index (χ2v) is 5.95. The van der Waals surface area contributed by atoms with Crippen LogP contribution < -0.4 is 15.8 Å². The molecule has 0 aliphatic heterocycles. The molecule has 0 aromatic carbocycles. The highest BCUT2D eigenvalue weighted by molar-refractivity contribution is 7.89. The fourth-order valence-corrected chi connectivity index (χ4v) is 2.19. The van der Waals surface area contributed by atoms with Gasteiger partial charge in [-0.1, -0.05) is 27.2 Å². The molecule has 0 fully saturated rings. The summed E-state index contributed by atoms with van der Waals surface area (Å²) in [4.78, 5) is 11.5. The lowest BCUT2D eigenvalue weighted by Crippen LogP contribution is -2.46. The molecular weight excluding hydrogens is 242 g/mol. The number of sulfonamides is 1. The fraction of sp³-hybridized carbons (Fsp3) is 0.900. The van der Waals surface area contributed by atoms with Gasteiger partial charge in [0.05, 0.1) is 11.8 Å². The number of nitrogens with two attached hydrogens (primary N) is 1. The smallest absolute Gasteiger partial charge is 0.237 e. The lowest BCUT2D eigenvalue weighted by Gasteiger charge is -2.17. The van der Waals surface area contributed by atoms with Crippen LogP contribution in [0.2, 0.25) is 0 Å². The zero-order valence-electron chi connectivity index (χ0n) is 10.7. The Hall–Kier alpha value is -0.660. The SMILES string of the molecule is CCNS(=O)(=O)CCNC(=O)C(N)C(C)CC. The Balaban J connectivity index is 4.02. The van der Waals surface area contributed by atoms with Crippen LogP contribution in [0.4, 0.5) is 0 Å². The fourth-order valence-electron chi connectivity index (χ4n) is 1.23. The monoisotopic (exact) mass is 265 g/mol. The normalized spacial score (nSPS) is 15.3. The van der Waals surface area contributed by atoms with E-state index in [1.807, 2.05) is 13.8 Å². The van der Waals surface area contributed by atoms with Gasteiger partial charge in [-0.3, -0.25) is 4.79 Å². The summed E-state index contributed by atoms with van der Waals surface area (Å²) in [5, 5.41) is 2.53. The van der Waals surface area contributed by atoms with E-state index < -0.39 is 16.1 Å². The van der Waals surface area contributed by atoms with Gasteiger partial charge in [0.25, 0.3) is 0 Å². The van der Waals surface area contributed by atoms with Crippen LogP contribution in [0.1, 0.15) is 27.2 Å². The quantitative estimate of drug-likeness (QED) is 0.546. The molecule has 0 heterocycles. The summed E-state index contributed by atoms with van der Waals surface area (Å²) in [6.07, 6.45) is 0.810. The van der Waals surface area contributed by atoms with Crippen molar-refractivity contribution >= 4 is 15.9 Å². The minimum Gasteiger partial charge on any atom is -0.354 e. The molecule has 0 spiro atoms. The van der Waals surface area contributed by atoms with Gasteiger partial charge in [0.1, 0.15) is 0 Å². The van der Waals surface area contributed by atoms with Crippen molar-refractivity contribution in [2.45, 2.75) is 33.2 Å². The van der Waals surface area contributed by atoms with Gasteiger partial charge in [-0.15, -0.1) is 0 Å². The van der Waals surface area contributed by atoms with Gasteiger partial charge in [0.15, 0.2) is 0 Å². The molecule has 7 heteroatoms. The van der Waals surface area contributed by atoms with Gasteiger partial charge < -0.3 is 11.1 Å². The van der Waals surface area contributed by atoms with E-state index in [2.05, 4.69) is 10.0 Å². The summed E-state index contributed by atoms with van der Waals surface area (Å²) in [7, 11) is -3.28. The van der Waals surface area contributed by atoms with Gasteiger partial charge in [-0.2, -0.15) is 0 Å². The van der Waals surface area contributed by atoms with Crippen molar-refractivity contribution in [3.8, 4) is 0 Å². The topological polar surface area (TPSA) is 101 Å². The van der Waals surface area contributed by atoms with Crippen LogP contribution in [0.3, 0.4) is 0 Å². The summed E-state index contributed by atoms with van der Waals surface area (Å²) < 4.78 is 24.9. The lowest BCUT2D eigenvalue weighted by molar-refractivity contribution is -0.123. The van der Waals surface area contributed by atoms with E-state index in [4.69, 9.17) is 5.73 Å². The Kier molecular flexibility index (Phi) is 7.33. The summed E-state index contributed by atoms with van der Waals surface area (Å²) in [5.74, 6) is -0.341. The molecule has 0 aromatic rings. The number of hydrogen-bond donors (Lipinski definition) is 3. The van der Waals surface area contributed by atoms with Crippen molar-refractivity contribution < 1.29 is 13.2 Å². The second kappa shape index (κ2) is 7.62. The van der Waals surface area contributed by atoms with E-state index in [0.717, 1.165) is 6.42 Å². The van der Waals surface area contributed by atoms with Crippen LogP contribution in [0.15, 0.2) is 0 Å². The zero-order chi connectivity index (χ0) is 13.5. The van der Waals surface area contributed by atoms with Gasteiger partial charge in [-0.25, -0.2) is 13.1 Å². The van der Waals surface area contributed by atoms with Crippen LogP contribution in [0.5, 0.6) is 0 Å². The molecule has 2 unspecified atom stereocenters. The lowest BCUT2D eigenvalue weighted by atomic mass is 9.99. The highest BCUT2D eigenvalue weighted by Gasteiger charge is 2.19. The minimum atomic E-state index is -3.28. The molecule has 0 aromatic heterocycles. The van der Waals surface area contributed by atoms with E-state index in [1.54, 1.807) is 6.92 Å². The molecule has 0 aliphatic rings. The van der Waals surface area contributed by atoms with Crippen molar-refractivity contribution in [3.05, 3.63) is 0 Å². The maximum absolute atomic E-state index is 11.5. The molecule has 102 valence electrons. The Morgan fingerprint density at radius 3 is 2.41 bits per heavy atom. The zero-order valence-corrected chi connectivity index (χ0v) is 11.5. The number of carbonyl (C=O) groups is 1. The molecule has 4 N–H and O–H groups in total. The van der Waals surface area contributed by atoms with Gasteiger partial charge >= 0.3 is 0 Å². The number of carbonyl (C=O) groups excluding carboxylic acids is 1. The van der Waals surface area contributed by atoms with E-state index in [0.29, 0.717) is 6.54 Å². The Bertz CT molecular complexity index is 330. The summed E-state index contributed by atoms with van der Waals surface area (Å²) in [6.45, 7) is 5.98. The molecule has 2 atom stereocenters. The number of rotatable bonds is 8. The summed E-state index contributed by atoms with van der Waals surface area (Å²) in [6, 6.07) is -0.582. The van der Waals surface area contributed by atoms with Crippen molar-refractivity contribution in [1.82, 2.24) is 10.0 Å². The van der Waals surface area contributed by atoms with Crippen molar-refractivity contribution in [2.24, 2.45) is 11.7 Å². The molecular formula is C10H23N3O3S. The van der Waals surface area contributed by atoms with Crippen molar-refractivity contribution in [3.63, 3.8) is 0 Å².